The van der Waals surface area contributed by atoms with Crippen LogP contribution in [0.4, 0.5) is 5.82 Å². The van der Waals surface area contributed by atoms with Gasteiger partial charge in [0.15, 0.2) is 5.82 Å². The zero-order valence-electron chi connectivity index (χ0n) is 13.3. The van der Waals surface area contributed by atoms with Gasteiger partial charge in [0.1, 0.15) is 17.9 Å². The van der Waals surface area contributed by atoms with E-state index in [2.05, 4.69) is 25.6 Å². The summed E-state index contributed by atoms with van der Waals surface area (Å²) in [6, 6.07) is 9.55. The van der Waals surface area contributed by atoms with Crippen molar-refractivity contribution >= 4 is 11.7 Å². The Labute approximate surface area is 138 Å². The number of methoxy groups -OCH3 is 1. The molecular weight excluding hydrogens is 308 g/mol. The Bertz CT molecular complexity index is 779. The van der Waals surface area contributed by atoms with Crippen molar-refractivity contribution in [3.05, 3.63) is 54.2 Å². The van der Waals surface area contributed by atoms with E-state index in [-0.39, 0.29) is 5.91 Å². The number of aromatic nitrogens is 5. The van der Waals surface area contributed by atoms with Crippen molar-refractivity contribution in [3.63, 3.8) is 0 Å². The highest BCUT2D eigenvalue weighted by molar-refractivity contribution is 5.89. The number of aryl methyl sites for hydroxylation is 1. The standard InChI is InChI=1S/C16H18N6O2/c1-24-13-4-2-12(3-5-13)10-22-9-8-15(21-22)19-16(23)7-6-14-17-11-18-20-14/h2-5,8-9,11H,6-7,10H2,1H3,(H,17,18,20)(H,19,21,23). The van der Waals surface area contributed by atoms with Crippen molar-refractivity contribution in [1.29, 1.82) is 0 Å². The quantitative estimate of drug-likeness (QED) is 0.688. The topological polar surface area (TPSA) is 97.7 Å². The first kappa shape index (κ1) is 15.7. The van der Waals surface area contributed by atoms with Gasteiger partial charge in [0.05, 0.1) is 13.7 Å². The molecule has 24 heavy (non-hydrogen) atoms. The number of carbonyl (C=O) groups excluding carboxylic acids is 1. The lowest BCUT2D eigenvalue weighted by Gasteiger charge is -2.04. The monoisotopic (exact) mass is 326 g/mol. The lowest BCUT2D eigenvalue weighted by atomic mass is 10.2. The number of carbonyl (C=O) groups is 1. The first-order chi connectivity index (χ1) is 11.7. The highest BCUT2D eigenvalue weighted by Crippen LogP contribution is 2.13. The maximum atomic E-state index is 11.9. The lowest BCUT2D eigenvalue weighted by Crippen LogP contribution is -2.13. The van der Waals surface area contributed by atoms with Gasteiger partial charge in [0, 0.05) is 25.1 Å². The molecule has 8 heteroatoms. The summed E-state index contributed by atoms with van der Waals surface area (Å²) in [4.78, 5) is 15.9. The molecule has 0 aliphatic carbocycles. The zero-order valence-corrected chi connectivity index (χ0v) is 13.3. The molecule has 1 amide bonds. The second kappa shape index (κ2) is 7.40. The van der Waals surface area contributed by atoms with Crippen LogP contribution in [0.3, 0.4) is 0 Å². The Kier molecular flexibility index (Phi) is 4.85. The predicted molar refractivity (Wildman–Crippen MR) is 87.7 cm³/mol. The predicted octanol–water partition coefficient (Wildman–Crippen LogP) is 1.63. The zero-order chi connectivity index (χ0) is 16.8. The number of nitrogens with zero attached hydrogens (tertiary/aromatic N) is 4. The highest BCUT2D eigenvalue weighted by atomic mass is 16.5. The van der Waals surface area contributed by atoms with Gasteiger partial charge in [-0.15, -0.1) is 0 Å². The van der Waals surface area contributed by atoms with Crippen LogP contribution >= 0.6 is 0 Å². The number of H-pyrrole nitrogens is 1. The Morgan fingerprint density at radius 2 is 2.12 bits per heavy atom. The van der Waals surface area contributed by atoms with E-state index in [4.69, 9.17) is 4.74 Å². The van der Waals surface area contributed by atoms with Crippen LogP contribution < -0.4 is 10.1 Å². The number of amides is 1. The highest BCUT2D eigenvalue weighted by Gasteiger charge is 2.07. The van der Waals surface area contributed by atoms with Crippen LogP contribution in [0.25, 0.3) is 0 Å². The summed E-state index contributed by atoms with van der Waals surface area (Å²) >= 11 is 0. The Balaban J connectivity index is 1.51. The Hall–Kier alpha value is -3.16. The molecule has 0 saturated carbocycles. The number of ether oxygens (including phenoxy) is 1. The minimum absolute atomic E-state index is 0.110. The Morgan fingerprint density at radius 1 is 1.29 bits per heavy atom. The van der Waals surface area contributed by atoms with Crippen LogP contribution in [0.5, 0.6) is 5.75 Å². The normalized spacial score (nSPS) is 10.5. The number of aromatic amines is 1. The third kappa shape index (κ3) is 4.19. The van der Waals surface area contributed by atoms with Crippen LogP contribution in [0, 0.1) is 0 Å². The molecule has 2 heterocycles. The van der Waals surface area contributed by atoms with Crippen LogP contribution in [0.15, 0.2) is 42.9 Å². The van der Waals surface area contributed by atoms with Crippen LogP contribution in [-0.2, 0) is 17.8 Å². The van der Waals surface area contributed by atoms with Gasteiger partial charge in [-0.1, -0.05) is 12.1 Å². The maximum absolute atomic E-state index is 11.9. The average molecular weight is 326 g/mol. The molecule has 3 aromatic rings. The second-order valence-electron chi connectivity index (χ2n) is 5.23. The Morgan fingerprint density at radius 3 is 2.83 bits per heavy atom. The smallest absolute Gasteiger partial charge is 0.226 e. The molecule has 0 bridgehead atoms. The van der Waals surface area contributed by atoms with Gasteiger partial charge >= 0.3 is 0 Å². The molecule has 0 unspecified atom stereocenters. The average Bonchev–Trinajstić information content (AvgIpc) is 3.26. The number of hydrogen-bond acceptors (Lipinski definition) is 5. The molecule has 0 radical (unpaired) electrons. The van der Waals surface area contributed by atoms with Crippen LogP contribution in [0.2, 0.25) is 0 Å². The van der Waals surface area contributed by atoms with E-state index in [0.29, 0.717) is 31.0 Å². The van der Waals surface area contributed by atoms with Crippen LogP contribution in [-0.4, -0.2) is 38.0 Å². The van der Waals surface area contributed by atoms with Crippen molar-refractivity contribution in [2.75, 3.05) is 12.4 Å². The van der Waals surface area contributed by atoms with Crippen molar-refractivity contribution < 1.29 is 9.53 Å². The van der Waals surface area contributed by atoms with Crippen molar-refractivity contribution in [2.45, 2.75) is 19.4 Å². The number of hydrogen-bond donors (Lipinski definition) is 2. The molecule has 0 spiro atoms. The summed E-state index contributed by atoms with van der Waals surface area (Å²) in [6.45, 7) is 0.623. The van der Waals surface area contributed by atoms with Crippen molar-refractivity contribution in [3.8, 4) is 5.75 Å². The van der Waals surface area contributed by atoms with E-state index in [9.17, 15) is 4.79 Å². The summed E-state index contributed by atoms with van der Waals surface area (Å²) in [7, 11) is 1.64. The lowest BCUT2D eigenvalue weighted by molar-refractivity contribution is -0.116. The summed E-state index contributed by atoms with van der Waals surface area (Å²) in [5.74, 6) is 1.93. The van der Waals surface area contributed by atoms with E-state index in [0.717, 1.165) is 11.3 Å². The molecule has 0 fully saturated rings. The molecule has 1 aromatic carbocycles. The molecule has 0 aliphatic rings. The van der Waals surface area contributed by atoms with E-state index in [1.165, 1.54) is 6.33 Å². The molecule has 0 aliphatic heterocycles. The second-order valence-corrected chi connectivity index (χ2v) is 5.23. The summed E-state index contributed by atoms with van der Waals surface area (Å²) in [5, 5.41) is 13.6. The largest absolute Gasteiger partial charge is 0.497 e. The van der Waals surface area contributed by atoms with E-state index >= 15 is 0 Å². The van der Waals surface area contributed by atoms with Gasteiger partial charge in [-0.25, -0.2) is 4.98 Å². The minimum Gasteiger partial charge on any atom is -0.497 e. The third-order valence-electron chi connectivity index (χ3n) is 3.47. The third-order valence-corrected chi connectivity index (χ3v) is 3.47. The fourth-order valence-corrected chi connectivity index (χ4v) is 2.22. The van der Waals surface area contributed by atoms with Gasteiger partial charge < -0.3 is 10.1 Å². The SMILES string of the molecule is COc1ccc(Cn2ccc(NC(=O)CCc3ncn[nH]3)n2)cc1. The molecular formula is C16H18N6O2. The number of rotatable bonds is 7. The summed E-state index contributed by atoms with van der Waals surface area (Å²) in [6.07, 6.45) is 4.09. The molecule has 8 nitrogen and oxygen atoms in total. The van der Waals surface area contributed by atoms with E-state index < -0.39 is 0 Å². The number of anilines is 1. The summed E-state index contributed by atoms with van der Waals surface area (Å²) in [5.41, 5.74) is 1.10. The van der Waals surface area contributed by atoms with Gasteiger partial charge in [-0.3, -0.25) is 14.6 Å². The first-order valence-electron chi connectivity index (χ1n) is 7.53. The molecule has 0 atom stereocenters. The summed E-state index contributed by atoms with van der Waals surface area (Å²) < 4.78 is 6.91. The fourth-order valence-electron chi connectivity index (χ4n) is 2.22. The van der Waals surface area contributed by atoms with Gasteiger partial charge in [-0.05, 0) is 17.7 Å². The molecule has 124 valence electrons. The first-order valence-corrected chi connectivity index (χ1v) is 7.53. The van der Waals surface area contributed by atoms with Gasteiger partial charge in [0.2, 0.25) is 5.91 Å². The van der Waals surface area contributed by atoms with Gasteiger partial charge in [-0.2, -0.15) is 10.2 Å². The molecule has 0 saturated heterocycles. The minimum atomic E-state index is -0.110. The molecule has 2 N–H and O–H groups in total. The van der Waals surface area contributed by atoms with Crippen LogP contribution in [0.1, 0.15) is 17.8 Å². The van der Waals surface area contributed by atoms with Crippen molar-refractivity contribution in [1.82, 2.24) is 25.0 Å². The number of nitrogens with one attached hydrogen (secondary N) is 2. The van der Waals surface area contributed by atoms with Crippen molar-refractivity contribution in [2.24, 2.45) is 0 Å². The molecule has 3 rings (SSSR count). The fraction of sp³-hybridized carbons (Fsp3) is 0.250. The molecule has 2 aromatic heterocycles. The van der Waals surface area contributed by atoms with E-state index in [1.807, 2.05) is 30.5 Å². The van der Waals surface area contributed by atoms with Gasteiger partial charge in [0.25, 0.3) is 0 Å². The van der Waals surface area contributed by atoms with E-state index in [1.54, 1.807) is 17.9 Å². The number of benzene rings is 1. The maximum Gasteiger partial charge on any atom is 0.226 e.